The molecular weight excluding hydrogens is 258 g/mol. The highest BCUT2D eigenvalue weighted by Gasteiger charge is 2.14. The van der Waals surface area contributed by atoms with Crippen molar-refractivity contribution in [3.05, 3.63) is 24.3 Å². The summed E-state index contributed by atoms with van der Waals surface area (Å²) < 4.78 is 16.3. The summed E-state index contributed by atoms with van der Waals surface area (Å²) in [5.41, 5.74) is 6.28. The zero-order valence-electron chi connectivity index (χ0n) is 11.7. The second kappa shape index (κ2) is 8.09. The molecule has 112 valence electrons. The molecule has 1 saturated heterocycles. The summed E-state index contributed by atoms with van der Waals surface area (Å²) in [5, 5.41) is 9.80. The van der Waals surface area contributed by atoms with Gasteiger partial charge in [0, 0.05) is 25.5 Å². The number of ether oxygens (including phenoxy) is 3. The lowest BCUT2D eigenvalue weighted by Crippen LogP contribution is -2.26. The fourth-order valence-corrected chi connectivity index (χ4v) is 2.09. The molecule has 0 radical (unpaired) electrons. The molecule has 2 rings (SSSR count). The Morgan fingerprint density at radius 3 is 2.60 bits per heavy atom. The van der Waals surface area contributed by atoms with E-state index in [0.29, 0.717) is 30.6 Å². The maximum absolute atomic E-state index is 9.80. The van der Waals surface area contributed by atoms with Crippen LogP contribution in [0.5, 0.6) is 5.75 Å². The van der Waals surface area contributed by atoms with E-state index in [1.807, 2.05) is 0 Å². The number of nitrogens with two attached hydrogens (primary N) is 1. The van der Waals surface area contributed by atoms with E-state index in [-0.39, 0.29) is 6.61 Å². The molecule has 5 heteroatoms. The highest BCUT2D eigenvalue weighted by atomic mass is 16.5. The van der Waals surface area contributed by atoms with E-state index in [2.05, 4.69) is 0 Å². The van der Waals surface area contributed by atoms with Crippen LogP contribution in [0.25, 0.3) is 0 Å². The topological polar surface area (TPSA) is 73.9 Å². The van der Waals surface area contributed by atoms with E-state index >= 15 is 0 Å². The molecule has 0 spiro atoms. The number of aliphatic hydroxyl groups is 1. The van der Waals surface area contributed by atoms with E-state index in [9.17, 15) is 5.11 Å². The number of benzene rings is 1. The minimum Gasteiger partial charge on any atom is -0.491 e. The summed E-state index contributed by atoms with van der Waals surface area (Å²) in [5.74, 6) is 1.25. The highest BCUT2D eigenvalue weighted by Crippen LogP contribution is 2.15. The lowest BCUT2D eigenvalue weighted by atomic mass is 10.0. The summed E-state index contributed by atoms with van der Waals surface area (Å²) in [4.78, 5) is 0. The van der Waals surface area contributed by atoms with Crippen LogP contribution >= 0.6 is 0 Å². The Hall–Kier alpha value is -1.30. The fourth-order valence-electron chi connectivity index (χ4n) is 2.09. The number of anilines is 1. The normalized spacial score (nSPS) is 17.9. The third kappa shape index (κ3) is 5.36. The van der Waals surface area contributed by atoms with Gasteiger partial charge in [0.05, 0.1) is 6.61 Å². The number of rotatable bonds is 7. The Morgan fingerprint density at radius 2 is 1.90 bits per heavy atom. The Balaban J connectivity index is 1.57. The third-order valence-electron chi connectivity index (χ3n) is 3.33. The molecule has 0 bridgehead atoms. The third-order valence-corrected chi connectivity index (χ3v) is 3.33. The first-order chi connectivity index (χ1) is 9.74. The second-order valence-electron chi connectivity index (χ2n) is 5.13. The van der Waals surface area contributed by atoms with Crippen LogP contribution in [-0.2, 0) is 9.47 Å². The number of aliphatic hydroxyl groups excluding tert-OH is 1. The Bertz CT molecular complexity index is 376. The van der Waals surface area contributed by atoms with Gasteiger partial charge < -0.3 is 25.1 Å². The minimum absolute atomic E-state index is 0.220. The Labute approximate surface area is 119 Å². The minimum atomic E-state index is -0.618. The molecule has 0 aromatic heterocycles. The van der Waals surface area contributed by atoms with Crippen LogP contribution in [-0.4, -0.2) is 44.2 Å². The monoisotopic (exact) mass is 281 g/mol. The maximum atomic E-state index is 9.80. The number of hydrogen-bond acceptors (Lipinski definition) is 5. The van der Waals surface area contributed by atoms with Crippen molar-refractivity contribution in [2.24, 2.45) is 5.92 Å². The summed E-state index contributed by atoms with van der Waals surface area (Å²) in [6, 6.07) is 7.10. The molecule has 1 unspecified atom stereocenters. The standard InChI is InChI=1S/C15H23NO4/c16-13-1-3-15(4-2-13)20-11-14(17)10-19-9-12-5-7-18-8-6-12/h1-4,12,14,17H,5-11,16H2. The van der Waals surface area contributed by atoms with Crippen LogP contribution < -0.4 is 10.5 Å². The average Bonchev–Trinajstić information content (AvgIpc) is 2.48. The molecule has 1 heterocycles. The first-order valence-electron chi connectivity index (χ1n) is 7.06. The van der Waals surface area contributed by atoms with Gasteiger partial charge in [0.25, 0.3) is 0 Å². The van der Waals surface area contributed by atoms with Crippen LogP contribution in [0, 0.1) is 5.92 Å². The van der Waals surface area contributed by atoms with Gasteiger partial charge in [0.2, 0.25) is 0 Å². The van der Waals surface area contributed by atoms with Gasteiger partial charge in [-0.1, -0.05) is 0 Å². The fraction of sp³-hybridized carbons (Fsp3) is 0.600. The van der Waals surface area contributed by atoms with Crippen molar-refractivity contribution in [1.82, 2.24) is 0 Å². The molecule has 1 aliphatic rings. The predicted molar refractivity (Wildman–Crippen MR) is 76.7 cm³/mol. The summed E-state index contributed by atoms with van der Waals surface area (Å²) in [6.07, 6.45) is 1.46. The molecule has 1 aromatic rings. The maximum Gasteiger partial charge on any atom is 0.119 e. The lowest BCUT2D eigenvalue weighted by molar-refractivity contribution is -0.0203. The molecule has 1 atom stereocenters. The van der Waals surface area contributed by atoms with Crippen LogP contribution in [0.3, 0.4) is 0 Å². The lowest BCUT2D eigenvalue weighted by Gasteiger charge is -2.22. The van der Waals surface area contributed by atoms with Gasteiger partial charge in [-0.05, 0) is 43.0 Å². The van der Waals surface area contributed by atoms with Crippen LogP contribution in [0.1, 0.15) is 12.8 Å². The smallest absolute Gasteiger partial charge is 0.119 e. The molecule has 1 fully saturated rings. The SMILES string of the molecule is Nc1ccc(OCC(O)COCC2CCOCC2)cc1. The number of nitrogen functional groups attached to an aromatic ring is 1. The van der Waals surface area contributed by atoms with Gasteiger partial charge in [0.1, 0.15) is 18.5 Å². The molecule has 20 heavy (non-hydrogen) atoms. The predicted octanol–water partition coefficient (Wildman–Crippen LogP) is 1.45. The van der Waals surface area contributed by atoms with Gasteiger partial charge in [-0.2, -0.15) is 0 Å². The van der Waals surface area contributed by atoms with Gasteiger partial charge >= 0.3 is 0 Å². The first-order valence-corrected chi connectivity index (χ1v) is 7.06. The van der Waals surface area contributed by atoms with Crippen molar-refractivity contribution in [2.75, 3.05) is 38.8 Å². The molecule has 0 saturated carbocycles. The van der Waals surface area contributed by atoms with Gasteiger partial charge in [-0.3, -0.25) is 0 Å². The summed E-state index contributed by atoms with van der Waals surface area (Å²) in [7, 11) is 0. The van der Waals surface area contributed by atoms with Crippen molar-refractivity contribution < 1.29 is 19.3 Å². The van der Waals surface area contributed by atoms with Crippen molar-refractivity contribution in [1.29, 1.82) is 0 Å². The van der Waals surface area contributed by atoms with Gasteiger partial charge in [-0.25, -0.2) is 0 Å². The van der Waals surface area contributed by atoms with Crippen molar-refractivity contribution >= 4 is 5.69 Å². The van der Waals surface area contributed by atoms with Crippen molar-refractivity contribution in [3.63, 3.8) is 0 Å². The largest absolute Gasteiger partial charge is 0.491 e. The molecular formula is C15H23NO4. The van der Waals surface area contributed by atoms with E-state index in [1.165, 1.54) is 0 Å². The average molecular weight is 281 g/mol. The van der Waals surface area contributed by atoms with E-state index < -0.39 is 6.10 Å². The van der Waals surface area contributed by atoms with Crippen LogP contribution in [0.4, 0.5) is 5.69 Å². The molecule has 3 N–H and O–H groups in total. The quantitative estimate of drug-likeness (QED) is 0.740. The van der Waals surface area contributed by atoms with Crippen molar-refractivity contribution in [3.8, 4) is 5.75 Å². The number of hydrogen-bond donors (Lipinski definition) is 2. The second-order valence-corrected chi connectivity index (χ2v) is 5.13. The molecule has 5 nitrogen and oxygen atoms in total. The van der Waals surface area contributed by atoms with Crippen LogP contribution in [0.15, 0.2) is 24.3 Å². The molecule has 0 aliphatic carbocycles. The van der Waals surface area contributed by atoms with E-state index in [1.54, 1.807) is 24.3 Å². The van der Waals surface area contributed by atoms with E-state index in [0.717, 1.165) is 26.1 Å². The van der Waals surface area contributed by atoms with E-state index in [4.69, 9.17) is 19.9 Å². The summed E-state index contributed by atoms with van der Waals surface area (Å²) in [6.45, 7) is 2.83. The Kier molecular flexibility index (Phi) is 6.11. The zero-order valence-corrected chi connectivity index (χ0v) is 11.7. The van der Waals surface area contributed by atoms with Crippen molar-refractivity contribution in [2.45, 2.75) is 18.9 Å². The first kappa shape index (κ1) is 15.1. The highest BCUT2D eigenvalue weighted by molar-refractivity contribution is 5.41. The van der Waals surface area contributed by atoms with Gasteiger partial charge in [-0.15, -0.1) is 0 Å². The van der Waals surface area contributed by atoms with Gasteiger partial charge in [0.15, 0.2) is 0 Å². The molecule has 0 amide bonds. The summed E-state index contributed by atoms with van der Waals surface area (Å²) >= 11 is 0. The Morgan fingerprint density at radius 1 is 1.20 bits per heavy atom. The van der Waals surface area contributed by atoms with Crippen LogP contribution in [0.2, 0.25) is 0 Å². The molecule has 1 aliphatic heterocycles. The zero-order chi connectivity index (χ0) is 14.2. The molecule has 1 aromatic carbocycles.